The van der Waals surface area contributed by atoms with Crippen LogP contribution in [0.2, 0.25) is 0 Å². The second-order valence-electron chi connectivity index (χ2n) is 2.04. The second kappa shape index (κ2) is 5.79. The molecule has 0 radical (unpaired) electrons. The van der Waals surface area contributed by atoms with E-state index >= 15 is 0 Å². The van der Waals surface area contributed by atoms with Gasteiger partial charge in [-0.2, -0.15) is 11.3 Å². The van der Waals surface area contributed by atoms with Crippen LogP contribution in [0.4, 0.5) is 0 Å². The fourth-order valence-corrected chi connectivity index (χ4v) is 0.680. The summed E-state index contributed by atoms with van der Waals surface area (Å²) in [5.41, 5.74) is 5.11. The van der Waals surface area contributed by atoms with Crippen LogP contribution in [0, 0.1) is 0 Å². The molecule has 1 aromatic heterocycles. The van der Waals surface area contributed by atoms with E-state index in [1.807, 2.05) is 36.7 Å². The Hall–Kier alpha value is -0.340. The first kappa shape index (κ1) is 8.66. The number of hydrogen-bond donors (Lipinski definition) is 1. The topological polar surface area (TPSA) is 26.0 Å². The molecule has 1 aromatic rings. The maximum atomic E-state index is 5.11. The Kier molecular flexibility index (Phi) is 5.57. The zero-order valence-electron chi connectivity index (χ0n) is 5.87. The first-order chi connectivity index (χ1) is 4.23. The van der Waals surface area contributed by atoms with Crippen molar-refractivity contribution in [2.45, 2.75) is 19.9 Å². The highest BCUT2D eigenvalue weighted by molar-refractivity contribution is 7.07. The Morgan fingerprint density at radius 3 is 1.67 bits per heavy atom. The van der Waals surface area contributed by atoms with Gasteiger partial charge in [-0.25, -0.2) is 0 Å². The summed E-state index contributed by atoms with van der Waals surface area (Å²) in [7, 11) is 0. The molecule has 0 bridgehead atoms. The monoisotopic (exact) mass is 143 g/mol. The fraction of sp³-hybridized carbons (Fsp3) is 0.429. The van der Waals surface area contributed by atoms with E-state index in [2.05, 4.69) is 0 Å². The first-order valence-electron chi connectivity index (χ1n) is 2.96. The Morgan fingerprint density at radius 2 is 1.56 bits per heavy atom. The van der Waals surface area contributed by atoms with Crippen LogP contribution in [0.1, 0.15) is 13.8 Å². The minimum absolute atomic E-state index is 0.333. The van der Waals surface area contributed by atoms with Crippen LogP contribution in [-0.4, -0.2) is 6.04 Å². The van der Waals surface area contributed by atoms with Crippen LogP contribution in [0.3, 0.4) is 0 Å². The van der Waals surface area contributed by atoms with E-state index in [4.69, 9.17) is 5.73 Å². The molecule has 0 saturated heterocycles. The van der Waals surface area contributed by atoms with Crippen molar-refractivity contribution in [3.8, 4) is 0 Å². The van der Waals surface area contributed by atoms with Gasteiger partial charge < -0.3 is 5.73 Å². The fourth-order valence-electron chi connectivity index (χ4n) is 0.227. The SMILES string of the molecule is CC(C)N.c1ccsc1. The summed E-state index contributed by atoms with van der Waals surface area (Å²) in [6.45, 7) is 3.89. The van der Waals surface area contributed by atoms with Crippen molar-refractivity contribution in [1.82, 2.24) is 0 Å². The van der Waals surface area contributed by atoms with Gasteiger partial charge in [0.2, 0.25) is 0 Å². The molecule has 0 saturated carbocycles. The van der Waals surface area contributed by atoms with Crippen molar-refractivity contribution in [2.75, 3.05) is 0 Å². The van der Waals surface area contributed by atoms with Gasteiger partial charge in [0.15, 0.2) is 0 Å². The standard InChI is InChI=1S/C4H4S.C3H9N/c1-2-4-5-3-1;1-3(2)4/h1-4H;3H,4H2,1-2H3. The van der Waals surface area contributed by atoms with Crippen LogP contribution in [0.5, 0.6) is 0 Å². The highest BCUT2D eigenvalue weighted by Gasteiger charge is 1.67. The third kappa shape index (κ3) is 11.3. The molecule has 52 valence electrons. The molecule has 0 atom stereocenters. The third-order valence-electron chi connectivity index (χ3n) is 0.425. The third-order valence-corrected chi connectivity index (χ3v) is 1.05. The van der Waals surface area contributed by atoms with Gasteiger partial charge >= 0.3 is 0 Å². The summed E-state index contributed by atoms with van der Waals surface area (Å²) in [4.78, 5) is 0. The zero-order chi connectivity index (χ0) is 7.11. The van der Waals surface area contributed by atoms with Crippen LogP contribution in [-0.2, 0) is 0 Å². The van der Waals surface area contributed by atoms with Gasteiger partial charge in [0.1, 0.15) is 0 Å². The zero-order valence-corrected chi connectivity index (χ0v) is 6.69. The Balaban J connectivity index is 0.000000148. The Morgan fingerprint density at radius 1 is 1.22 bits per heavy atom. The average molecular weight is 143 g/mol. The molecule has 0 amide bonds. The molecule has 0 aliphatic carbocycles. The summed E-state index contributed by atoms with van der Waals surface area (Å²) >= 11 is 1.71. The lowest BCUT2D eigenvalue weighted by Gasteiger charge is -1.81. The highest BCUT2D eigenvalue weighted by atomic mass is 32.1. The van der Waals surface area contributed by atoms with E-state index in [9.17, 15) is 0 Å². The highest BCUT2D eigenvalue weighted by Crippen LogP contribution is 1.91. The van der Waals surface area contributed by atoms with Gasteiger partial charge in [0.25, 0.3) is 0 Å². The van der Waals surface area contributed by atoms with Crippen molar-refractivity contribution in [2.24, 2.45) is 5.73 Å². The number of nitrogens with two attached hydrogens (primary N) is 1. The summed E-state index contributed by atoms with van der Waals surface area (Å²) in [5, 5.41) is 4.08. The van der Waals surface area contributed by atoms with Crippen molar-refractivity contribution >= 4 is 11.3 Å². The largest absolute Gasteiger partial charge is 0.328 e. The van der Waals surface area contributed by atoms with E-state index < -0.39 is 0 Å². The molecule has 0 aliphatic heterocycles. The lowest BCUT2D eigenvalue weighted by Crippen LogP contribution is -2.06. The van der Waals surface area contributed by atoms with Gasteiger partial charge in [0, 0.05) is 0 Å². The van der Waals surface area contributed by atoms with E-state index in [0.717, 1.165) is 0 Å². The van der Waals surface area contributed by atoms with Gasteiger partial charge in [-0.1, -0.05) is 26.0 Å². The van der Waals surface area contributed by atoms with Gasteiger partial charge in [0.05, 0.1) is 0 Å². The van der Waals surface area contributed by atoms with Crippen LogP contribution >= 0.6 is 11.3 Å². The molecular weight excluding hydrogens is 130 g/mol. The summed E-state index contributed by atoms with van der Waals surface area (Å²) in [6.07, 6.45) is 0. The summed E-state index contributed by atoms with van der Waals surface area (Å²) < 4.78 is 0. The van der Waals surface area contributed by atoms with Crippen molar-refractivity contribution < 1.29 is 0 Å². The lowest BCUT2D eigenvalue weighted by molar-refractivity contribution is 0.834. The normalized spacial score (nSPS) is 8.44. The van der Waals surface area contributed by atoms with E-state index in [1.54, 1.807) is 11.3 Å². The van der Waals surface area contributed by atoms with Gasteiger partial charge in [-0.05, 0) is 16.8 Å². The first-order valence-corrected chi connectivity index (χ1v) is 3.90. The Labute approximate surface area is 60.5 Å². The molecule has 2 N–H and O–H groups in total. The second-order valence-corrected chi connectivity index (χ2v) is 2.85. The Bertz CT molecular complexity index is 92.5. The van der Waals surface area contributed by atoms with Crippen LogP contribution in [0.25, 0.3) is 0 Å². The van der Waals surface area contributed by atoms with E-state index in [0.29, 0.717) is 6.04 Å². The molecule has 1 nitrogen and oxygen atoms in total. The number of rotatable bonds is 0. The van der Waals surface area contributed by atoms with Crippen molar-refractivity contribution in [3.63, 3.8) is 0 Å². The summed E-state index contributed by atoms with van der Waals surface area (Å²) in [5.74, 6) is 0. The van der Waals surface area contributed by atoms with E-state index in [-0.39, 0.29) is 0 Å². The molecule has 2 heteroatoms. The molecule has 0 spiro atoms. The molecule has 9 heavy (non-hydrogen) atoms. The molecule has 0 fully saturated rings. The lowest BCUT2D eigenvalue weighted by atomic mass is 10.5. The molecular formula is C7H13NS. The molecule has 1 heterocycles. The molecule has 1 rings (SSSR count). The summed E-state index contributed by atoms with van der Waals surface area (Å²) in [6, 6.07) is 4.37. The van der Waals surface area contributed by atoms with Crippen molar-refractivity contribution in [1.29, 1.82) is 0 Å². The van der Waals surface area contributed by atoms with Crippen LogP contribution in [0.15, 0.2) is 22.9 Å². The molecule has 0 aromatic carbocycles. The maximum absolute atomic E-state index is 5.11. The number of hydrogen-bond acceptors (Lipinski definition) is 2. The maximum Gasteiger partial charge on any atom is -0.00179 e. The van der Waals surface area contributed by atoms with E-state index in [1.165, 1.54) is 0 Å². The van der Waals surface area contributed by atoms with Crippen molar-refractivity contribution in [3.05, 3.63) is 22.9 Å². The smallest absolute Gasteiger partial charge is 0.00179 e. The number of thiophene rings is 1. The van der Waals surface area contributed by atoms with Gasteiger partial charge in [-0.3, -0.25) is 0 Å². The molecule has 0 unspecified atom stereocenters. The minimum Gasteiger partial charge on any atom is -0.328 e. The predicted molar refractivity (Wildman–Crippen MR) is 43.6 cm³/mol. The average Bonchev–Trinajstić information content (AvgIpc) is 2.11. The van der Waals surface area contributed by atoms with Gasteiger partial charge in [-0.15, -0.1) is 0 Å². The van der Waals surface area contributed by atoms with Crippen LogP contribution < -0.4 is 5.73 Å². The molecule has 0 aliphatic rings. The quantitative estimate of drug-likeness (QED) is 0.591. The minimum atomic E-state index is 0.333. The predicted octanol–water partition coefficient (Wildman–Crippen LogP) is 2.10.